The maximum absolute atomic E-state index is 5.87. The lowest BCUT2D eigenvalue weighted by Gasteiger charge is -2.16. The van der Waals surface area contributed by atoms with Gasteiger partial charge < -0.3 is 5.73 Å². The molecule has 0 spiro atoms. The lowest BCUT2D eigenvalue weighted by molar-refractivity contribution is 0.307. The van der Waals surface area contributed by atoms with Crippen LogP contribution in [0.25, 0.3) is 0 Å². The summed E-state index contributed by atoms with van der Waals surface area (Å²) in [6.45, 7) is 0. The lowest BCUT2D eigenvalue weighted by Crippen LogP contribution is -2.34. The van der Waals surface area contributed by atoms with Crippen molar-refractivity contribution in [2.75, 3.05) is 7.05 Å². The Morgan fingerprint density at radius 2 is 2.22 bits per heavy atom. The quantitative estimate of drug-likeness (QED) is 0.501. The second kappa shape index (κ2) is 1.70. The predicted molar refractivity (Wildman–Crippen MR) is 37.2 cm³/mol. The van der Waals surface area contributed by atoms with E-state index in [9.17, 15) is 0 Å². The molecule has 2 heteroatoms. The van der Waals surface area contributed by atoms with Crippen LogP contribution in [0.3, 0.4) is 0 Å². The minimum atomic E-state index is 0.480. The predicted octanol–water partition coefficient (Wildman–Crippen LogP) is 0.180. The van der Waals surface area contributed by atoms with E-state index in [1.165, 1.54) is 19.3 Å². The fourth-order valence-electron chi connectivity index (χ4n) is 2.31. The summed E-state index contributed by atoms with van der Waals surface area (Å²) in [6.07, 6.45) is 3.96. The van der Waals surface area contributed by atoms with Crippen molar-refractivity contribution < 1.29 is 0 Å². The van der Waals surface area contributed by atoms with Gasteiger partial charge in [0.05, 0.1) is 0 Å². The van der Waals surface area contributed by atoms with Gasteiger partial charge >= 0.3 is 0 Å². The fourth-order valence-corrected chi connectivity index (χ4v) is 2.31. The third-order valence-corrected chi connectivity index (χ3v) is 2.93. The van der Waals surface area contributed by atoms with Crippen molar-refractivity contribution in [3.63, 3.8) is 0 Å². The van der Waals surface area contributed by atoms with Crippen molar-refractivity contribution in [3.05, 3.63) is 0 Å². The van der Waals surface area contributed by atoms with E-state index < -0.39 is 0 Å². The van der Waals surface area contributed by atoms with Gasteiger partial charge in [0.15, 0.2) is 0 Å². The molecule has 52 valence electrons. The van der Waals surface area contributed by atoms with Crippen LogP contribution in [-0.4, -0.2) is 30.1 Å². The Balaban J connectivity index is 2.16. The van der Waals surface area contributed by atoms with Gasteiger partial charge in [0, 0.05) is 18.1 Å². The van der Waals surface area contributed by atoms with Crippen molar-refractivity contribution in [3.8, 4) is 0 Å². The van der Waals surface area contributed by atoms with Crippen molar-refractivity contribution in [2.45, 2.75) is 37.4 Å². The van der Waals surface area contributed by atoms with Crippen LogP contribution >= 0.6 is 0 Å². The van der Waals surface area contributed by atoms with E-state index in [1.54, 1.807) is 0 Å². The molecule has 3 atom stereocenters. The minimum absolute atomic E-state index is 0.480. The molecular formula is C7H14N2. The van der Waals surface area contributed by atoms with Gasteiger partial charge in [-0.25, -0.2) is 0 Å². The zero-order valence-corrected chi connectivity index (χ0v) is 5.88. The monoisotopic (exact) mass is 126 g/mol. The van der Waals surface area contributed by atoms with Crippen LogP contribution in [0.5, 0.6) is 0 Å². The van der Waals surface area contributed by atoms with Gasteiger partial charge in [-0.3, -0.25) is 4.90 Å². The first-order chi connectivity index (χ1) is 4.29. The second-order valence-electron chi connectivity index (χ2n) is 3.36. The van der Waals surface area contributed by atoms with Crippen LogP contribution in [-0.2, 0) is 0 Å². The zero-order chi connectivity index (χ0) is 6.43. The fraction of sp³-hybridized carbons (Fsp3) is 1.00. The van der Waals surface area contributed by atoms with E-state index in [4.69, 9.17) is 5.73 Å². The van der Waals surface area contributed by atoms with Crippen LogP contribution in [0.2, 0.25) is 0 Å². The van der Waals surface area contributed by atoms with Gasteiger partial charge in [0.2, 0.25) is 0 Å². The topological polar surface area (TPSA) is 29.3 Å². The molecule has 2 aliphatic heterocycles. The zero-order valence-electron chi connectivity index (χ0n) is 5.88. The summed E-state index contributed by atoms with van der Waals surface area (Å²) in [5.41, 5.74) is 5.87. The summed E-state index contributed by atoms with van der Waals surface area (Å²) in [5.74, 6) is 0. The highest BCUT2D eigenvalue weighted by atomic mass is 15.2. The normalized spacial score (nSPS) is 50.7. The molecule has 2 rings (SSSR count). The number of nitrogens with zero attached hydrogens (tertiary/aromatic N) is 1. The molecule has 0 amide bonds. The summed E-state index contributed by atoms with van der Waals surface area (Å²) in [6, 6.07) is 2.02. The van der Waals surface area contributed by atoms with Crippen molar-refractivity contribution in [2.24, 2.45) is 5.73 Å². The van der Waals surface area contributed by atoms with Crippen molar-refractivity contribution in [1.29, 1.82) is 0 Å². The van der Waals surface area contributed by atoms with Gasteiger partial charge in [-0.05, 0) is 26.3 Å². The summed E-state index contributed by atoms with van der Waals surface area (Å²) in [5, 5.41) is 0. The molecule has 2 bridgehead atoms. The molecule has 2 saturated heterocycles. The van der Waals surface area contributed by atoms with Gasteiger partial charge in [-0.1, -0.05) is 0 Å². The average Bonchev–Trinajstić information content (AvgIpc) is 2.25. The van der Waals surface area contributed by atoms with E-state index in [0.29, 0.717) is 6.04 Å². The summed E-state index contributed by atoms with van der Waals surface area (Å²) >= 11 is 0. The molecular weight excluding hydrogens is 112 g/mol. The molecule has 0 aliphatic carbocycles. The standard InChI is InChI=1S/C7H14N2/c1-9-5-2-3-7(9)6(8)4-5/h5-7H,2-4,8H2,1H3/t5?,6-,7-/m1/s1. The lowest BCUT2D eigenvalue weighted by atomic mass is 9.97. The number of nitrogens with two attached hydrogens (primary N) is 1. The van der Waals surface area contributed by atoms with Crippen LogP contribution in [0.4, 0.5) is 0 Å². The average molecular weight is 126 g/mol. The van der Waals surface area contributed by atoms with E-state index >= 15 is 0 Å². The molecule has 0 radical (unpaired) electrons. The molecule has 0 aromatic carbocycles. The third kappa shape index (κ3) is 0.634. The molecule has 2 heterocycles. The van der Waals surface area contributed by atoms with Gasteiger partial charge in [-0.2, -0.15) is 0 Å². The van der Waals surface area contributed by atoms with E-state index in [2.05, 4.69) is 11.9 Å². The second-order valence-corrected chi connectivity index (χ2v) is 3.36. The van der Waals surface area contributed by atoms with Crippen LogP contribution < -0.4 is 5.73 Å². The van der Waals surface area contributed by atoms with Gasteiger partial charge in [0.25, 0.3) is 0 Å². The van der Waals surface area contributed by atoms with Gasteiger partial charge in [0.1, 0.15) is 0 Å². The third-order valence-electron chi connectivity index (χ3n) is 2.93. The maximum atomic E-state index is 5.87. The van der Waals surface area contributed by atoms with E-state index in [0.717, 1.165) is 12.1 Å². The van der Waals surface area contributed by atoms with E-state index in [1.807, 2.05) is 0 Å². The first kappa shape index (κ1) is 5.69. The molecule has 0 saturated carbocycles. The molecule has 2 fully saturated rings. The first-order valence-electron chi connectivity index (χ1n) is 3.76. The SMILES string of the molecule is CN1C2CC[C@@H]1[C@H](N)C2. The Kier molecular flexibility index (Phi) is 1.08. The summed E-state index contributed by atoms with van der Waals surface area (Å²) in [7, 11) is 2.20. The molecule has 2 N–H and O–H groups in total. The molecule has 0 aromatic rings. The first-order valence-corrected chi connectivity index (χ1v) is 3.76. The number of rotatable bonds is 0. The molecule has 1 unspecified atom stereocenters. The molecule has 0 aromatic heterocycles. The highest BCUT2D eigenvalue weighted by molar-refractivity contribution is 5.00. The molecule has 2 nitrogen and oxygen atoms in total. The number of hydrogen-bond donors (Lipinski definition) is 1. The molecule has 2 aliphatic rings. The van der Waals surface area contributed by atoms with Crippen molar-refractivity contribution >= 4 is 0 Å². The smallest absolute Gasteiger partial charge is 0.0248 e. The molecule has 9 heavy (non-hydrogen) atoms. The number of fused-ring (bicyclic) bond motifs is 2. The van der Waals surface area contributed by atoms with Crippen molar-refractivity contribution in [1.82, 2.24) is 4.90 Å². The Bertz CT molecular complexity index is 124. The number of hydrogen-bond acceptors (Lipinski definition) is 2. The van der Waals surface area contributed by atoms with E-state index in [-0.39, 0.29) is 0 Å². The highest BCUT2D eigenvalue weighted by Crippen LogP contribution is 2.34. The Morgan fingerprint density at radius 1 is 1.44 bits per heavy atom. The Morgan fingerprint density at radius 3 is 2.44 bits per heavy atom. The van der Waals surface area contributed by atoms with Crippen LogP contribution in [0, 0.1) is 0 Å². The largest absolute Gasteiger partial charge is 0.326 e. The number of likely N-dealkylation sites (N-methyl/N-ethyl adjacent to an activating group) is 1. The Labute approximate surface area is 56.0 Å². The summed E-state index contributed by atoms with van der Waals surface area (Å²) in [4.78, 5) is 2.45. The highest BCUT2D eigenvalue weighted by Gasteiger charge is 2.41. The summed E-state index contributed by atoms with van der Waals surface area (Å²) < 4.78 is 0. The van der Waals surface area contributed by atoms with Gasteiger partial charge in [-0.15, -0.1) is 0 Å². The minimum Gasteiger partial charge on any atom is -0.326 e. The Hall–Kier alpha value is -0.0800. The maximum Gasteiger partial charge on any atom is 0.0248 e. The van der Waals surface area contributed by atoms with Crippen LogP contribution in [0.15, 0.2) is 0 Å². The van der Waals surface area contributed by atoms with Crippen LogP contribution in [0.1, 0.15) is 19.3 Å².